The molecule has 0 aliphatic carbocycles. The van der Waals surface area contributed by atoms with E-state index in [1.165, 1.54) is 22.5 Å². The fourth-order valence-electron chi connectivity index (χ4n) is 1.94. The molecule has 5 nitrogen and oxygen atoms in total. The molecule has 0 saturated carbocycles. The third-order valence-corrected chi connectivity index (χ3v) is 2.68. The molecule has 0 radical (unpaired) electrons. The van der Waals surface area contributed by atoms with E-state index in [2.05, 4.69) is 53.8 Å². The molecule has 0 unspecified atom stereocenters. The number of hydrogen-bond donors (Lipinski definition) is 1. The summed E-state index contributed by atoms with van der Waals surface area (Å²) in [6.45, 7) is 0. The Bertz CT molecular complexity index is 597. The Hall–Kier alpha value is 1.38. The molecule has 0 bridgehead atoms. The smallest absolute Gasteiger partial charge is 0.759 e. The number of benzene rings is 2. The molecule has 1 heterocycles. The van der Waals surface area contributed by atoms with Gasteiger partial charge in [-0.15, -0.1) is 0 Å². The number of hydrogen-bond acceptors (Lipinski definition) is 5. The van der Waals surface area contributed by atoms with Crippen molar-refractivity contribution < 1.29 is 120 Å². The summed E-state index contributed by atoms with van der Waals surface area (Å²) in [5.74, 6) is 0. The zero-order valence-electron chi connectivity index (χ0n) is 11.9. The molecule has 21 heavy (non-hydrogen) atoms. The van der Waals surface area contributed by atoms with Crippen molar-refractivity contribution in [2.75, 3.05) is 5.32 Å². The second-order valence-electron chi connectivity index (χ2n) is 4.02. The minimum absolute atomic E-state index is 0. The fourth-order valence-corrected chi connectivity index (χ4v) is 1.94. The summed E-state index contributed by atoms with van der Waals surface area (Å²) in [5, 5.41) is 3.44. The van der Waals surface area contributed by atoms with Gasteiger partial charge in [-0.05, 0) is 23.3 Å². The van der Waals surface area contributed by atoms with Crippen LogP contribution >= 0.6 is 0 Å². The van der Waals surface area contributed by atoms with Gasteiger partial charge in [-0.3, -0.25) is 8.42 Å². The van der Waals surface area contributed by atoms with E-state index in [0.29, 0.717) is 0 Å². The van der Waals surface area contributed by atoms with Gasteiger partial charge in [0.05, 0.1) is 0 Å². The molecule has 0 fully saturated rings. The molecular weight excluding hydrogens is 344 g/mol. The number of rotatable bonds is 0. The Labute approximate surface area is 209 Å². The molecule has 0 atom stereocenters. The van der Waals surface area contributed by atoms with Crippen LogP contribution < -0.4 is 108 Å². The minimum atomic E-state index is -5.17. The molecule has 3 rings (SSSR count). The van der Waals surface area contributed by atoms with Crippen LogP contribution in [0.4, 0.5) is 11.4 Å². The van der Waals surface area contributed by atoms with Crippen molar-refractivity contribution in [1.82, 2.24) is 0 Å². The van der Waals surface area contributed by atoms with Crippen LogP contribution in [0.1, 0.15) is 11.1 Å². The third kappa shape index (κ3) is 8.16. The van der Waals surface area contributed by atoms with E-state index in [1.54, 1.807) is 0 Å². The summed E-state index contributed by atoms with van der Waals surface area (Å²) in [6.07, 6.45) is 1.04. The number of anilines is 2. The van der Waals surface area contributed by atoms with Crippen molar-refractivity contribution in [2.24, 2.45) is 0 Å². The molecule has 0 aromatic heterocycles. The summed E-state index contributed by atoms with van der Waals surface area (Å²) in [6, 6.07) is 16.9. The van der Waals surface area contributed by atoms with Gasteiger partial charge in [0, 0.05) is 28.2 Å². The molecule has 0 amide bonds. The van der Waals surface area contributed by atoms with Crippen LogP contribution in [-0.4, -0.2) is 17.5 Å². The largest absolute Gasteiger partial charge is 1.00 e. The van der Waals surface area contributed by atoms with E-state index in [4.69, 9.17) is 17.5 Å². The van der Waals surface area contributed by atoms with Gasteiger partial charge in [0.15, 0.2) is 0 Å². The van der Waals surface area contributed by atoms with E-state index >= 15 is 0 Å². The summed E-state index contributed by atoms with van der Waals surface area (Å²) < 4.78 is 34.1. The third-order valence-electron chi connectivity index (χ3n) is 2.68. The van der Waals surface area contributed by atoms with E-state index < -0.39 is 10.4 Å². The van der Waals surface area contributed by atoms with Crippen LogP contribution in [0.5, 0.6) is 0 Å². The number of para-hydroxylation sites is 2. The molecule has 2 aromatic carbocycles. The first kappa shape index (κ1) is 22.4. The van der Waals surface area contributed by atoms with Gasteiger partial charge in [-0.2, -0.15) is 0 Å². The minimum Gasteiger partial charge on any atom is -0.759 e. The van der Waals surface area contributed by atoms with Gasteiger partial charge < -0.3 is 14.4 Å². The van der Waals surface area contributed by atoms with E-state index in [0.717, 1.165) is 6.42 Å². The summed E-state index contributed by atoms with van der Waals surface area (Å²) >= 11 is 0. The Morgan fingerprint density at radius 2 is 1.14 bits per heavy atom. The van der Waals surface area contributed by atoms with Crippen LogP contribution in [0.2, 0.25) is 0 Å². The van der Waals surface area contributed by atoms with Crippen molar-refractivity contribution in [3.05, 3.63) is 59.7 Å². The Kier molecular flexibility index (Phi) is 11.0. The molecule has 1 N–H and O–H groups in total. The van der Waals surface area contributed by atoms with Crippen molar-refractivity contribution in [3.63, 3.8) is 0 Å². The van der Waals surface area contributed by atoms with Crippen molar-refractivity contribution in [2.45, 2.75) is 6.42 Å². The normalized spacial score (nSPS) is 11.1. The first-order valence-electron chi connectivity index (χ1n) is 5.53. The van der Waals surface area contributed by atoms with Gasteiger partial charge in [-0.1, -0.05) is 36.4 Å². The van der Waals surface area contributed by atoms with Gasteiger partial charge in [0.1, 0.15) is 0 Å². The Balaban J connectivity index is 0.000000507. The second kappa shape index (κ2) is 10.3. The van der Waals surface area contributed by atoms with Crippen molar-refractivity contribution in [1.29, 1.82) is 0 Å². The van der Waals surface area contributed by atoms with E-state index in [1.807, 2.05) is 0 Å². The Morgan fingerprint density at radius 1 is 0.810 bits per heavy atom. The molecule has 8 heteroatoms. The second-order valence-corrected chi connectivity index (χ2v) is 4.84. The molecule has 1 aliphatic heterocycles. The van der Waals surface area contributed by atoms with Crippen LogP contribution in [-0.2, 0) is 16.8 Å². The first-order valence-corrected chi connectivity index (χ1v) is 6.86. The van der Waals surface area contributed by atoms with Crippen LogP contribution in [0, 0.1) is 0 Å². The molecule has 0 saturated heterocycles. The molecule has 1 aliphatic rings. The quantitative estimate of drug-likeness (QED) is 0.252. The predicted octanol–water partition coefficient (Wildman–Crippen LogP) is -4.00. The Morgan fingerprint density at radius 3 is 1.52 bits per heavy atom. The molecular formula is C13H11K2NO4S. The van der Waals surface area contributed by atoms with Crippen molar-refractivity contribution >= 4 is 21.8 Å². The fraction of sp³-hybridized carbons (Fsp3) is 0.0769. The molecule has 100 valence electrons. The number of fused-ring (bicyclic) bond motifs is 2. The van der Waals surface area contributed by atoms with Crippen LogP contribution in [0.25, 0.3) is 0 Å². The maximum atomic E-state index is 8.52. The van der Waals surface area contributed by atoms with Gasteiger partial charge in [0.25, 0.3) is 0 Å². The molecule has 2 aromatic rings. The maximum absolute atomic E-state index is 8.52. The SMILES string of the molecule is O=S(=O)([O-])[O-].[K+].[K+].c1ccc2c(c1)Cc1ccccc1N2. The zero-order chi connectivity index (χ0) is 13.9. The number of nitrogens with one attached hydrogen (secondary N) is 1. The first-order chi connectivity index (χ1) is 8.93. The van der Waals surface area contributed by atoms with E-state index in [9.17, 15) is 0 Å². The van der Waals surface area contributed by atoms with E-state index in [-0.39, 0.29) is 103 Å². The zero-order valence-corrected chi connectivity index (χ0v) is 18.9. The van der Waals surface area contributed by atoms with Gasteiger partial charge >= 0.3 is 103 Å². The van der Waals surface area contributed by atoms with Crippen LogP contribution in [0.3, 0.4) is 0 Å². The average Bonchev–Trinajstić information content (AvgIpc) is 2.34. The summed E-state index contributed by atoms with van der Waals surface area (Å²) in [7, 11) is -5.17. The van der Waals surface area contributed by atoms with Gasteiger partial charge in [0.2, 0.25) is 0 Å². The summed E-state index contributed by atoms with van der Waals surface area (Å²) in [4.78, 5) is 0. The summed E-state index contributed by atoms with van der Waals surface area (Å²) in [5.41, 5.74) is 5.25. The average molecular weight is 355 g/mol. The van der Waals surface area contributed by atoms with Gasteiger partial charge in [-0.25, -0.2) is 0 Å². The maximum Gasteiger partial charge on any atom is 1.00 e. The predicted molar refractivity (Wildman–Crippen MR) is 69.4 cm³/mol. The topological polar surface area (TPSA) is 92.3 Å². The monoisotopic (exact) mass is 355 g/mol. The van der Waals surface area contributed by atoms with Crippen LogP contribution in [0.15, 0.2) is 48.5 Å². The molecule has 0 spiro atoms. The van der Waals surface area contributed by atoms with Crippen molar-refractivity contribution in [3.8, 4) is 0 Å². The standard InChI is InChI=1S/C13H11N.2K.H2O4S/c1-3-7-12-10(5-1)9-11-6-2-4-8-13(11)14-12;;;1-5(2,3)4/h1-8,14H,9H2;;;(H2,1,2,3,4)/q;2*+1;/p-2.